The Balaban J connectivity index is -0.000000195. The van der Waals surface area contributed by atoms with Crippen molar-refractivity contribution in [2.24, 2.45) is 5.92 Å². The van der Waals surface area contributed by atoms with Crippen molar-refractivity contribution < 1.29 is 19.1 Å². The minimum absolute atomic E-state index is 0.124. The minimum Gasteiger partial charge on any atom is -0.497 e. The van der Waals surface area contributed by atoms with Gasteiger partial charge in [-0.15, -0.1) is 13.2 Å². The highest BCUT2D eigenvalue weighted by Gasteiger charge is 2.16. The molecule has 0 fully saturated rings. The largest absolute Gasteiger partial charge is 0.497 e. The van der Waals surface area contributed by atoms with Crippen LogP contribution in [-0.2, 0) is 19.1 Å². The Hall–Kier alpha value is -2.62. The van der Waals surface area contributed by atoms with Crippen molar-refractivity contribution >= 4 is 12.8 Å². The Kier molecular flexibility index (Phi) is 31.4. The van der Waals surface area contributed by atoms with Crippen LogP contribution >= 0.6 is 0 Å². The number of methoxy groups -OCH3 is 1. The summed E-state index contributed by atoms with van der Waals surface area (Å²) in [4.78, 5) is 20.2. The van der Waals surface area contributed by atoms with Crippen molar-refractivity contribution in [3.05, 3.63) is 70.6 Å². The molecule has 4 heteroatoms. The predicted molar refractivity (Wildman–Crippen MR) is 164 cm³/mol. The molecule has 0 bridgehead atoms. The first kappa shape index (κ1) is 41.5. The van der Waals surface area contributed by atoms with E-state index in [9.17, 15) is 9.59 Å². The molecule has 3 rings (SSSR count). The van der Waals surface area contributed by atoms with Crippen molar-refractivity contribution in [1.29, 1.82) is 0 Å². The molecule has 2 unspecified atom stereocenters. The van der Waals surface area contributed by atoms with Gasteiger partial charge < -0.3 is 9.47 Å². The highest BCUT2D eigenvalue weighted by molar-refractivity contribution is 5.77. The van der Waals surface area contributed by atoms with Crippen molar-refractivity contribution in [3.8, 4) is 0 Å². The predicted octanol–water partition coefficient (Wildman–Crippen LogP) is 9.89. The van der Waals surface area contributed by atoms with Gasteiger partial charge >= 0.3 is 0 Å². The van der Waals surface area contributed by atoms with Crippen LogP contribution < -0.4 is 0 Å². The van der Waals surface area contributed by atoms with Crippen LogP contribution in [0.5, 0.6) is 0 Å². The van der Waals surface area contributed by atoms with Crippen molar-refractivity contribution in [1.82, 2.24) is 0 Å². The van der Waals surface area contributed by atoms with Gasteiger partial charge in [0, 0.05) is 6.42 Å². The Labute approximate surface area is 230 Å². The maximum Gasteiger partial charge on any atom is 0.293 e. The van der Waals surface area contributed by atoms with E-state index in [4.69, 9.17) is 9.47 Å². The molecule has 0 aromatic carbocycles. The number of carbonyl (C=O) groups is 2. The van der Waals surface area contributed by atoms with E-state index in [1.807, 2.05) is 59.8 Å². The number of carbonyl (C=O) groups excluding carboxylic acids is 2. The number of rotatable bonds is 4. The first-order valence-corrected chi connectivity index (χ1v) is 13.6. The van der Waals surface area contributed by atoms with Crippen LogP contribution in [0.1, 0.15) is 109 Å². The molecule has 0 aliphatic heterocycles. The zero-order chi connectivity index (χ0) is 30.0. The van der Waals surface area contributed by atoms with Gasteiger partial charge in [0.15, 0.2) is 0 Å². The van der Waals surface area contributed by atoms with E-state index < -0.39 is 0 Å². The molecule has 0 aromatic rings. The van der Waals surface area contributed by atoms with Gasteiger partial charge in [-0.2, -0.15) is 0 Å². The van der Waals surface area contributed by atoms with Gasteiger partial charge in [0.05, 0.1) is 7.11 Å². The number of allylic oxidation sites excluding steroid dienone is 7. The van der Waals surface area contributed by atoms with E-state index in [-0.39, 0.29) is 6.10 Å². The van der Waals surface area contributed by atoms with Gasteiger partial charge in [-0.25, -0.2) is 0 Å². The third-order valence-electron chi connectivity index (χ3n) is 5.56. The third-order valence-corrected chi connectivity index (χ3v) is 5.56. The Bertz CT molecular complexity index is 763. The molecule has 3 aliphatic rings. The monoisotopic (exact) mass is 518 g/mol. The second kappa shape index (κ2) is 28.0. The zero-order valence-electron chi connectivity index (χ0n) is 26.4. The summed E-state index contributed by atoms with van der Waals surface area (Å²) in [5.74, 6) is 1.75. The van der Waals surface area contributed by atoms with Gasteiger partial charge in [-0.05, 0) is 76.7 Å². The van der Waals surface area contributed by atoms with Crippen molar-refractivity contribution in [2.45, 2.75) is 115 Å². The van der Waals surface area contributed by atoms with Crippen LogP contribution in [0.25, 0.3) is 0 Å². The number of hydrogen-bond acceptors (Lipinski definition) is 4. The summed E-state index contributed by atoms with van der Waals surface area (Å²) in [6.45, 7) is 31.5. The van der Waals surface area contributed by atoms with Crippen LogP contribution in [0.4, 0.5) is 0 Å². The van der Waals surface area contributed by atoms with E-state index in [0.717, 1.165) is 42.0 Å². The standard InChI is InChI=1S/C9H12O3.C8H10O.C7H12.C3H8.2C2H6.C2H4/c1-7-5-8(12-6-10)3-4-9(7)11-2;1-6-3-8(5-9)4-7(6)2;1-5-4-6(2)7(5)3;1-3-2;3*1-2/h3-4,6,8H,5H2,1-2H3;3,5H,4H2,1-2H3;5H,4H2,1-3H3;3H2,1-2H3;2*1-2H3;1-2H2. The molecule has 4 nitrogen and oxygen atoms in total. The first-order chi connectivity index (χ1) is 17.6. The quantitative estimate of drug-likeness (QED) is 0.274. The van der Waals surface area contributed by atoms with E-state index in [0.29, 0.717) is 6.47 Å². The number of aldehydes is 1. The van der Waals surface area contributed by atoms with E-state index >= 15 is 0 Å². The van der Waals surface area contributed by atoms with E-state index in [1.54, 1.807) is 18.3 Å². The van der Waals surface area contributed by atoms with Crippen molar-refractivity contribution in [3.63, 3.8) is 0 Å². The lowest BCUT2D eigenvalue weighted by molar-refractivity contribution is -0.131. The highest BCUT2D eigenvalue weighted by Crippen LogP contribution is 2.32. The van der Waals surface area contributed by atoms with Crippen LogP contribution in [0.2, 0.25) is 0 Å². The maximum absolute atomic E-state index is 10.2. The number of hydrogen-bond donors (Lipinski definition) is 0. The molecule has 0 radical (unpaired) electrons. The summed E-state index contributed by atoms with van der Waals surface area (Å²) < 4.78 is 9.87. The fourth-order valence-corrected chi connectivity index (χ4v) is 3.25. The molecule has 0 spiro atoms. The Morgan fingerprint density at radius 1 is 0.919 bits per heavy atom. The number of ether oxygens (including phenoxy) is 2. The van der Waals surface area contributed by atoms with Crippen LogP contribution in [0.15, 0.2) is 70.6 Å². The summed E-state index contributed by atoms with van der Waals surface area (Å²) in [6.07, 6.45) is 10.6. The Morgan fingerprint density at radius 3 is 1.65 bits per heavy atom. The molecule has 3 aliphatic carbocycles. The molecule has 0 amide bonds. The lowest BCUT2D eigenvalue weighted by Crippen LogP contribution is -2.13. The minimum atomic E-state index is -0.124. The lowest BCUT2D eigenvalue weighted by Gasteiger charge is -2.25. The average molecular weight is 519 g/mol. The van der Waals surface area contributed by atoms with E-state index in [1.165, 1.54) is 24.0 Å². The lowest BCUT2D eigenvalue weighted by atomic mass is 9.81. The average Bonchev–Trinajstić information content (AvgIpc) is 3.26. The molecule has 0 N–H and O–H groups in total. The van der Waals surface area contributed by atoms with Crippen LogP contribution in [-0.4, -0.2) is 26.0 Å². The molecular formula is C33H58O4. The molecule has 0 saturated heterocycles. The second-order valence-electron chi connectivity index (χ2n) is 8.44. The molecule has 37 heavy (non-hydrogen) atoms. The highest BCUT2D eigenvalue weighted by atomic mass is 16.5. The fraction of sp³-hybridized carbons (Fsp3) is 0.576. The van der Waals surface area contributed by atoms with E-state index in [2.05, 4.69) is 54.7 Å². The normalized spacial score (nSPS) is 18.4. The van der Waals surface area contributed by atoms with Gasteiger partial charge in [0.25, 0.3) is 6.47 Å². The third kappa shape index (κ3) is 19.2. The zero-order valence-corrected chi connectivity index (χ0v) is 26.4. The van der Waals surface area contributed by atoms with Crippen LogP contribution in [0, 0.1) is 5.92 Å². The summed E-state index contributed by atoms with van der Waals surface area (Å²) in [5, 5.41) is 0. The topological polar surface area (TPSA) is 52.6 Å². The molecule has 2 atom stereocenters. The summed E-state index contributed by atoms with van der Waals surface area (Å²) in [5.41, 5.74) is 7.79. The fourth-order valence-electron chi connectivity index (χ4n) is 3.25. The summed E-state index contributed by atoms with van der Waals surface area (Å²) in [7, 11) is 1.63. The second-order valence-corrected chi connectivity index (χ2v) is 8.44. The van der Waals surface area contributed by atoms with Gasteiger partial charge in [0.2, 0.25) is 0 Å². The van der Waals surface area contributed by atoms with Gasteiger partial charge in [-0.1, -0.05) is 83.3 Å². The van der Waals surface area contributed by atoms with Crippen LogP contribution in [0.3, 0.4) is 0 Å². The Morgan fingerprint density at radius 2 is 1.43 bits per heavy atom. The molecule has 0 saturated carbocycles. The molecule has 214 valence electrons. The molecule has 0 heterocycles. The maximum atomic E-state index is 10.2. The summed E-state index contributed by atoms with van der Waals surface area (Å²) >= 11 is 0. The molecule has 0 aromatic heterocycles. The SMILES string of the molecule is C=C.CC.CC.CC1=C(C)C(C)C1.CC1=C(C)CC(C=O)=C1.CCC.COC1=C(C)CC(OC=O)C=C1. The van der Waals surface area contributed by atoms with Crippen molar-refractivity contribution in [2.75, 3.05) is 7.11 Å². The molecular weight excluding hydrogens is 460 g/mol. The van der Waals surface area contributed by atoms with Gasteiger partial charge in [-0.3, -0.25) is 9.59 Å². The smallest absolute Gasteiger partial charge is 0.293 e. The first-order valence-electron chi connectivity index (χ1n) is 13.6. The van der Waals surface area contributed by atoms with Gasteiger partial charge in [0.1, 0.15) is 18.1 Å². The summed E-state index contributed by atoms with van der Waals surface area (Å²) in [6, 6.07) is 0.